The van der Waals surface area contributed by atoms with E-state index < -0.39 is 0 Å². The van der Waals surface area contributed by atoms with Crippen molar-refractivity contribution in [1.82, 2.24) is 9.55 Å². The monoisotopic (exact) mass is 166 g/mol. The fraction of sp³-hybridized carbons (Fsp3) is 0.143. The molecule has 11 heavy (non-hydrogen) atoms. The second-order valence-corrected chi connectivity index (χ2v) is 3.44. The first kappa shape index (κ1) is 6.67. The molecule has 0 N–H and O–H groups in total. The summed E-state index contributed by atoms with van der Waals surface area (Å²) in [6.45, 7) is 4.38. The minimum absolute atomic E-state index is 0.00106. The summed E-state index contributed by atoms with van der Waals surface area (Å²) in [6, 6.07) is 1.46. The molecule has 0 radical (unpaired) electrons. The lowest BCUT2D eigenvalue weighted by Crippen LogP contribution is -2.17. The molecule has 0 bridgehead atoms. The summed E-state index contributed by atoms with van der Waals surface area (Å²) >= 11 is 1.46. The van der Waals surface area contributed by atoms with Gasteiger partial charge in [0.05, 0.1) is 6.54 Å². The summed E-state index contributed by atoms with van der Waals surface area (Å²) in [5.41, 5.74) is 0.00106. The highest BCUT2D eigenvalue weighted by atomic mass is 32.2. The van der Waals surface area contributed by atoms with Crippen LogP contribution < -0.4 is 5.56 Å². The number of rotatable bonds is 0. The molecule has 0 fully saturated rings. The molecule has 0 aromatic carbocycles. The van der Waals surface area contributed by atoms with Crippen LogP contribution in [0.2, 0.25) is 0 Å². The zero-order valence-corrected chi connectivity index (χ0v) is 6.60. The van der Waals surface area contributed by atoms with E-state index in [2.05, 4.69) is 11.6 Å². The minimum atomic E-state index is 0.00106. The van der Waals surface area contributed by atoms with Crippen molar-refractivity contribution in [2.75, 3.05) is 0 Å². The molecule has 0 unspecified atom stereocenters. The van der Waals surface area contributed by atoms with Gasteiger partial charge in [0.1, 0.15) is 0 Å². The fourth-order valence-electron chi connectivity index (χ4n) is 0.983. The summed E-state index contributed by atoms with van der Waals surface area (Å²) in [5.74, 6) is 0. The molecule has 0 saturated heterocycles. The zero-order valence-electron chi connectivity index (χ0n) is 5.78. The van der Waals surface area contributed by atoms with Gasteiger partial charge in [-0.15, -0.1) is 0 Å². The summed E-state index contributed by atoms with van der Waals surface area (Å²) in [5, 5.41) is 0.752. The van der Waals surface area contributed by atoms with Gasteiger partial charge in [-0.25, -0.2) is 4.98 Å². The van der Waals surface area contributed by atoms with E-state index in [4.69, 9.17) is 0 Å². The van der Waals surface area contributed by atoms with Crippen molar-refractivity contribution in [3.63, 3.8) is 0 Å². The van der Waals surface area contributed by atoms with Gasteiger partial charge in [-0.05, 0) is 0 Å². The van der Waals surface area contributed by atoms with Crippen LogP contribution in [0.5, 0.6) is 0 Å². The second kappa shape index (κ2) is 2.23. The topological polar surface area (TPSA) is 34.9 Å². The highest BCUT2D eigenvalue weighted by Crippen LogP contribution is 2.29. The molecular formula is C7H6N2OS. The van der Waals surface area contributed by atoms with Gasteiger partial charge >= 0.3 is 0 Å². The van der Waals surface area contributed by atoms with Gasteiger partial charge < -0.3 is 0 Å². The number of aromatic nitrogens is 2. The Morgan fingerprint density at radius 3 is 3.27 bits per heavy atom. The third-order valence-electron chi connectivity index (χ3n) is 1.47. The number of allylic oxidation sites excluding steroid dienone is 1. The number of thioether (sulfide) groups is 1. The van der Waals surface area contributed by atoms with Crippen molar-refractivity contribution < 1.29 is 0 Å². The maximum atomic E-state index is 11.1. The summed E-state index contributed by atoms with van der Waals surface area (Å²) in [7, 11) is 0. The number of hydrogen-bond donors (Lipinski definition) is 0. The van der Waals surface area contributed by atoms with E-state index in [-0.39, 0.29) is 5.56 Å². The van der Waals surface area contributed by atoms with Crippen LogP contribution >= 0.6 is 11.8 Å². The summed E-state index contributed by atoms with van der Waals surface area (Å²) in [6.07, 6.45) is 1.53. The molecule has 3 nitrogen and oxygen atoms in total. The molecule has 4 heteroatoms. The molecule has 1 aromatic rings. The quantitative estimate of drug-likeness (QED) is 0.536. The van der Waals surface area contributed by atoms with Crippen molar-refractivity contribution >= 4 is 11.8 Å². The Morgan fingerprint density at radius 2 is 2.55 bits per heavy atom. The molecule has 0 spiro atoms. The van der Waals surface area contributed by atoms with Crippen LogP contribution in [0.1, 0.15) is 0 Å². The zero-order chi connectivity index (χ0) is 7.84. The number of hydrogen-bond acceptors (Lipinski definition) is 3. The van der Waals surface area contributed by atoms with Gasteiger partial charge in [0.2, 0.25) is 0 Å². The maximum Gasteiger partial charge on any atom is 0.254 e. The van der Waals surface area contributed by atoms with Gasteiger partial charge in [-0.3, -0.25) is 9.36 Å². The molecular weight excluding hydrogens is 160 g/mol. The molecule has 2 heterocycles. The molecule has 56 valence electrons. The van der Waals surface area contributed by atoms with Crippen molar-refractivity contribution in [1.29, 1.82) is 0 Å². The van der Waals surface area contributed by atoms with Crippen LogP contribution in [0.3, 0.4) is 0 Å². The van der Waals surface area contributed by atoms with E-state index in [0.717, 1.165) is 10.1 Å². The van der Waals surface area contributed by atoms with Crippen LogP contribution in [-0.2, 0) is 6.54 Å². The lowest BCUT2D eigenvalue weighted by atomic mass is 10.5. The van der Waals surface area contributed by atoms with Crippen LogP contribution in [0.4, 0.5) is 0 Å². The second-order valence-electron chi connectivity index (χ2n) is 2.29. The SMILES string of the molecule is C=C1Cn2c(nccc2=O)S1. The molecule has 1 aliphatic rings. The van der Waals surface area contributed by atoms with E-state index >= 15 is 0 Å². The first-order valence-corrected chi connectivity index (χ1v) is 4.00. The van der Waals surface area contributed by atoms with Gasteiger partial charge in [-0.2, -0.15) is 0 Å². The third-order valence-corrected chi connectivity index (χ3v) is 2.40. The highest BCUT2D eigenvalue weighted by molar-refractivity contribution is 8.03. The van der Waals surface area contributed by atoms with Crippen molar-refractivity contribution in [2.45, 2.75) is 11.7 Å². The smallest absolute Gasteiger partial charge is 0.254 e. The van der Waals surface area contributed by atoms with Gasteiger partial charge in [0.15, 0.2) is 5.16 Å². The average molecular weight is 166 g/mol. The molecule has 1 aliphatic heterocycles. The maximum absolute atomic E-state index is 11.1. The Morgan fingerprint density at radius 1 is 1.73 bits per heavy atom. The van der Waals surface area contributed by atoms with Crippen LogP contribution in [0.15, 0.2) is 33.7 Å². The van der Waals surface area contributed by atoms with E-state index in [1.54, 1.807) is 4.57 Å². The van der Waals surface area contributed by atoms with Crippen LogP contribution in [0, 0.1) is 0 Å². The van der Waals surface area contributed by atoms with Crippen molar-refractivity contribution in [2.24, 2.45) is 0 Å². The first-order chi connectivity index (χ1) is 5.27. The number of fused-ring (bicyclic) bond motifs is 1. The lowest BCUT2D eigenvalue weighted by molar-refractivity contribution is 0.674. The Balaban J connectivity index is 2.66. The summed E-state index contributed by atoms with van der Waals surface area (Å²) in [4.78, 5) is 16.1. The van der Waals surface area contributed by atoms with E-state index in [9.17, 15) is 4.79 Å². The third kappa shape index (κ3) is 0.991. The highest BCUT2D eigenvalue weighted by Gasteiger charge is 2.15. The van der Waals surface area contributed by atoms with Gasteiger partial charge in [0, 0.05) is 17.2 Å². The standard InChI is InChI=1S/C7H6N2OS/c1-5-4-9-6(10)2-3-8-7(9)11-5/h2-3H,1,4H2. The summed E-state index contributed by atoms with van der Waals surface area (Å²) < 4.78 is 1.62. The largest absolute Gasteiger partial charge is 0.282 e. The fourth-order valence-corrected chi connectivity index (χ4v) is 1.81. The molecule has 0 aliphatic carbocycles. The first-order valence-electron chi connectivity index (χ1n) is 3.19. The van der Waals surface area contributed by atoms with Gasteiger partial charge in [0.25, 0.3) is 5.56 Å². The Bertz CT molecular complexity index is 369. The van der Waals surface area contributed by atoms with Gasteiger partial charge in [-0.1, -0.05) is 18.3 Å². The molecule has 0 atom stereocenters. The Hall–Kier alpha value is -1.03. The predicted octanol–water partition coefficient (Wildman–Crippen LogP) is 0.863. The predicted molar refractivity (Wildman–Crippen MR) is 43.5 cm³/mol. The van der Waals surface area contributed by atoms with E-state index in [1.165, 1.54) is 24.0 Å². The Labute approximate surface area is 67.8 Å². The average Bonchev–Trinajstić information content (AvgIpc) is 2.31. The molecule has 0 amide bonds. The number of nitrogens with zero attached hydrogens (tertiary/aromatic N) is 2. The molecule has 0 saturated carbocycles. The molecule has 1 aromatic heterocycles. The van der Waals surface area contributed by atoms with E-state index in [0.29, 0.717) is 6.54 Å². The van der Waals surface area contributed by atoms with Crippen LogP contribution in [-0.4, -0.2) is 9.55 Å². The van der Waals surface area contributed by atoms with Crippen molar-refractivity contribution in [3.8, 4) is 0 Å². The Kier molecular flexibility index (Phi) is 1.35. The van der Waals surface area contributed by atoms with E-state index in [1.807, 2.05) is 0 Å². The molecule has 2 rings (SSSR count). The normalized spacial score (nSPS) is 15.1. The van der Waals surface area contributed by atoms with Crippen LogP contribution in [0.25, 0.3) is 0 Å². The lowest BCUT2D eigenvalue weighted by Gasteiger charge is -1.95. The van der Waals surface area contributed by atoms with Crippen molar-refractivity contribution in [3.05, 3.63) is 34.1 Å². The minimum Gasteiger partial charge on any atom is -0.282 e.